The summed E-state index contributed by atoms with van der Waals surface area (Å²) in [4.78, 5) is 29.4. The number of aromatic carboxylic acids is 1. The Morgan fingerprint density at radius 2 is 0.833 bits per heavy atom. The van der Waals surface area contributed by atoms with E-state index < -0.39 is 40.3 Å². The summed E-state index contributed by atoms with van der Waals surface area (Å²) in [5.41, 5.74) is -1.53. The lowest BCUT2D eigenvalue weighted by Crippen LogP contribution is -2.11. The minimum Gasteiger partial charge on any atom is -0.477 e. The standard InChI is InChI=1S/C7HF5O12/c8-20-15-2-1(7(13)14)3(16-21-9)5(18-23-11)6(19-24-12)4(2)17-22-10/h(H,13,14). The molecule has 17 heteroatoms. The van der Waals surface area contributed by atoms with Gasteiger partial charge in [0.15, 0.2) is 5.56 Å². The van der Waals surface area contributed by atoms with E-state index in [9.17, 15) is 27.4 Å². The van der Waals surface area contributed by atoms with Crippen LogP contribution in [0, 0.1) is 0 Å². The van der Waals surface area contributed by atoms with E-state index in [1.54, 1.807) is 0 Å². The molecule has 0 spiro atoms. The summed E-state index contributed by atoms with van der Waals surface area (Å²) in [6.07, 6.45) is 0. The smallest absolute Gasteiger partial charge is 0.343 e. The van der Waals surface area contributed by atoms with Crippen LogP contribution in [-0.4, -0.2) is 11.1 Å². The van der Waals surface area contributed by atoms with Crippen molar-refractivity contribution in [2.24, 2.45) is 0 Å². The molecule has 24 heavy (non-hydrogen) atoms. The first-order valence-corrected chi connectivity index (χ1v) is 4.80. The quantitative estimate of drug-likeness (QED) is 0.348. The molecular formula is C7HF5O12. The van der Waals surface area contributed by atoms with Crippen LogP contribution in [0.4, 0.5) is 22.6 Å². The predicted molar refractivity (Wildman–Crippen MR) is 47.5 cm³/mol. The summed E-state index contributed by atoms with van der Waals surface area (Å²) < 4.78 is 59.5. The Morgan fingerprint density at radius 3 is 1.08 bits per heavy atom. The van der Waals surface area contributed by atoms with Crippen molar-refractivity contribution >= 4 is 5.97 Å². The highest BCUT2D eigenvalue weighted by Crippen LogP contribution is 2.54. The fourth-order valence-corrected chi connectivity index (χ4v) is 1.38. The average molecular weight is 372 g/mol. The van der Waals surface area contributed by atoms with Crippen LogP contribution in [0.2, 0.25) is 0 Å². The number of benzene rings is 1. The molecule has 0 aliphatic carbocycles. The lowest BCUT2D eigenvalue weighted by atomic mass is 10.1. The maximum atomic E-state index is 11.9. The first-order valence-electron chi connectivity index (χ1n) is 4.80. The van der Waals surface area contributed by atoms with Gasteiger partial charge in [0.25, 0.3) is 17.2 Å². The van der Waals surface area contributed by atoms with Crippen molar-refractivity contribution in [3.63, 3.8) is 0 Å². The van der Waals surface area contributed by atoms with E-state index in [1.165, 1.54) is 0 Å². The molecule has 0 bridgehead atoms. The Morgan fingerprint density at radius 1 is 0.583 bits per heavy atom. The summed E-state index contributed by atoms with van der Waals surface area (Å²) in [6.45, 7) is 0. The van der Waals surface area contributed by atoms with Crippen molar-refractivity contribution in [1.29, 1.82) is 0 Å². The van der Waals surface area contributed by atoms with E-state index in [0.717, 1.165) is 0 Å². The van der Waals surface area contributed by atoms with Crippen LogP contribution in [-0.2, 0) is 25.5 Å². The van der Waals surface area contributed by atoms with E-state index in [0.29, 0.717) is 0 Å². The van der Waals surface area contributed by atoms with Crippen molar-refractivity contribution in [3.05, 3.63) is 5.56 Å². The number of carboxylic acid groups (broad SMARTS) is 1. The van der Waals surface area contributed by atoms with Crippen LogP contribution >= 0.6 is 0 Å². The number of halogens is 5. The van der Waals surface area contributed by atoms with Crippen LogP contribution in [0.15, 0.2) is 0 Å². The molecule has 0 saturated heterocycles. The summed E-state index contributed by atoms with van der Waals surface area (Å²) in [6, 6.07) is 0. The van der Waals surface area contributed by atoms with Crippen LogP contribution in [0.3, 0.4) is 0 Å². The molecule has 0 fully saturated rings. The molecule has 0 unspecified atom stereocenters. The molecular weight excluding hydrogens is 371 g/mol. The molecule has 0 amide bonds. The van der Waals surface area contributed by atoms with Crippen LogP contribution < -0.4 is 24.4 Å². The predicted octanol–water partition coefficient (Wildman–Crippen LogP) is 2.36. The molecule has 1 N–H and O–H groups in total. The molecule has 12 nitrogen and oxygen atoms in total. The molecule has 136 valence electrons. The topological polar surface area (TPSA) is 130 Å². The summed E-state index contributed by atoms with van der Waals surface area (Å²) in [5.74, 6) is -9.88. The van der Waals surface area contributed by atoms with Crippen molar-refractivity contribution < 1.29 is 82.4 Å². The second-order valence-corrected chi connectivity index (χ2v) is 3.06. The van der Waals surface area contributed by atoms with Crippen molar-refractivity contribution in [3.8, 4) is 28.7 Å². The molecule has 0 aliphatic rings. The van der Waals surface area contributed by atoms with Gasteiger partial charge in [-0.1, -0.05) is 0 Å². The van der Waals surface area contributed by atoms with Gasteiger partial charge in [0.2, 0.25) is 11.5 Å². The SMILES string of the molecule is O=C(O)c1c(OOF)c(OOF)c(OOF)c(OOF)c1OOF. The number of carbonyl (C=O) groups is 1. The van der Waals surface area contributed by atoms with Gasteiger partial charge in [-0.05, 0) is 22.6 Å². The molecule has 0 radical (unpaired) electrons. The van der Waals surface area contributed by atoms with Gasteiger partial charge >= 0.3 is 5.97 Å². The average Bonchev–Trinajstić information content (AvgIpc) is 2.54. The number of hydrogen-bond donors (Lipinski definition) is 1. The van der Waals surface area contributed by atoms with Crippen molar-refractivity contribution in [1.82, 2.24) is 0 Å². The Balaban J connectivity index is 3.85. The Labute approximate surface area is 124 Å². The van der Waals surface area contributed by atoms with Gasteiger partial charge < -0.3 is 5.11 Å². The van der Waals surface area contributed by atoms with Gasteiger partial charge in [-0.25, -0.2) is 4.79 Å². The highest BCUT2D eigenvalue weighted by Gasteiger charge is 2.39. The third-order valence-corrected chi connectivity index (χ3v) is 2.07. The number of hydrogen-bond acceptors (Lipinski definition) is 11. The van der Waals surface area contributed by atoms with Crippen LogP contribution in [0.5, 0.6) is 28.7 Å². The molecule has 0 heterocycles. The van der Waals surface area contributed by atoms with Gasteiger partial charge in [-0.2, -0.15) is 0 Å². The first-order chi connectivity index (χ1) is 11.6. The Bertz CT molecular complexity index is 532. The summed E-state index contributed by atoms with van der Waals surface area (Å²) >= 11 is 0. The molecule has 0 aliphatic heterocycles. The largest absolute Gasteiger partial charge is 0.477 e. The van der Waals surface area contributed by atoms with Crippen molar-refractivity contribution in [2.75, 3.05) is 0 Å². The van der Waals surface area contributed by atoms with Crippen molar-refractivity contribution in [2.45, 2.75) is 0 Å². The van der Waals surface area contributed by atoms with Gasteiger partial charge in [-0.3, -0.25) is 24.4 Å². The third-order valence-electron chi connectivity index (χ3n) is 2.07. The normalized spacial score (nSPS) is 10.2. The Kier molecular flexibility index (Phi) is 7.45. The second-order valence-electron chi connectivity index (χ2n) is 3.06. The van der Waals surface area contributed by atoms with E-state index in [2.05, 4.69) is 49.9 Å². The molecule has 0 aromatic heterocycles. The lowest BCUT2D eigenvalue weighted by Gasteiger charge is -2.15. The maximum Gasteiger partial charge on any atom is 0.343 e. The first kappa shape index (κ1) is 19.2. The summed E-state index contributed by atoms with van der Waals surface area (Å²) in [7, 11) is 0. The molecule has 1 aromatic carbocycles. The fourth-order valence-electron chi connectivity index (χ4n) is 1.38. The van der Waals surface area contributed by atoms with Gasteiger partial charge in [-0.15, -0.1) is 0 Å². The monoisotopic (exact) mass is 372 g/mol. The second kappa shape index (κ2) is 9.32. The van der Waals surface area contributed by atoms with Crippen LogP contribution in [0.1, 0.15) is 10.4 Å². The van der Waals surface area contributed by atoms with E-state index in [1.807, 2.05) is 0 Å². The summed E-state index contributed by atoms with van der Waals surface area (Å²) in [5, 5.41) is 22.1. The van der Waals surface area contributed by atoms with E-state index in [-0.39, 0.29) is 0 Å². The number of carboxylic acids is 1. The Hall–Kier alpha value is -2.86. The minimum atomic E-state index is -2.17. The molecule has 0 atom stereocenters. The van der Waals surface area contributed by atoms with Gasteiger partial charge in [0.05, 0.1) is 0 Å². The lowest BCUT2D eigenvalue weighted by molar-refractivity contribution is -0.398. The van der Waals surface area contributed by atoms with E-state index >= 15 is 0 Å². The fraction of sp³-hybridized carbons (Fsp3) is 0. The number of rotatable bonds is 11. The minimum absolute atomic E-state index is 1.53. The highest BCUT2D eigenvalue weighted by atomic mass is 19.3. The van der Waals surface area contributed by atoms with E-state index in [4.69, 9.17) is 5.11 Å². The zero-order valence-electron chi connectivity index (χ0n) is 10.3. The van der Waals surface area contributed by atoms with Gasteiger partial charge in [0.1, 0.15) is 0 Å². The zero-order valence-corrected chi connectivity index (χ0v) is 10.3. The zero-order chi connectivity index (χ0) is 18.1. The molecule has 0 saturated carbocycles. The third kappa shape index (κ3) is 3.91. The van der Waals surface area contributed by atoms with Crippen LogP contribution in [0.25, 0.3) is 0 Å². The molecule has 1 rings (SSSR count). The molecule has 1 aromatic rings. The maximum absolute atomic E-state index is 11.9. The highest BCUT2D eigenvalue weighted by molar-refractivity contribution is 5.98. The van der Waals surface area contributed by atoms with Gasteiger partial charge in [0, 0.05) is 25.5 Å².